The molecule has 1 aromatic rings. The molecule has 19 heavy (non-hydrogen) atoms. The topological polar surface area (TPSA) is 41.7 Å². The van der Waals surface area contributed by atoms with Gasteiger partial charge in [-0.15, -0.1) is 0 Å². The van der Waals surface area contributed by atoms with Crippen LogP contribution in [0.25, 0.3) is 4.85 Å². The van der Waals surface area contributed by atoms with Gasteiger partial charge in [0.05, 0.1) is 11.1 Å². The van der Waals surface area contributed by atoms with Crippen molar-refractivity contribution >= 4 is 11.8 Å². The number of hydrogen-bond donors (Lipinski definition) is 0. The Kier molecular flexibility index (Phi) is 2.83. The average Bonchev–Trinajstić information content (AvgIpc) is 2.99. The van der Waals surface area contributed by atoms with Crippen LogP contribution in [0.2, 0.25) is 0 Å². The first-order chi connectivity index (χ1) is 9.20. The summed E-state index contributed by atoms with van der Waals surface area (Å²) in [5.74, 6) is -0.0972. The van der Waals surface area contributed by atoms with Crippen molar-refractivity contribution in [3.8, 4) is 0 Å². The van der Waals surface area contributed by atoms with Gasteiger partial charge in [-0.2, -0.15) is 0 Å². The lowest BCUT2D eigenvalue weighted by Crippen LogP contribution is -2.34. The zero-order valence-electron chi connectivity index (χ0n) is 10.5. The molecule has 1 aliphatic carbocycles. The fourth-order valence-electron chi connectivity index (χ4n) is 2.99. The number of rotatable bonds is 2. The molecule has 0 N–H and O–H groups in total. The van der Waals surface area contributed by atoms with Gasteiger partial charge in [0.2, 0.25) is 6.04 Å². The molecule has 2 atom stereocenters. The van der Waals surface area contributed by atoms with Crippen LogP contribution in [-0.2, 0) is 0 Å². The predicted octanol–water partition coefficient (Wildman–Crippen LogP) is 2.37. The lowest BCUT2D eigenvalue weighted by molar-refractivity contribution is 0.0630. The number of fused-ring (bicyclic) bond motifs is 1. The molecular formula is C15H14N2O2. The van der Waals surface area contributed by atoms with E-state index in [-0.39, 0.29) is 23.8 Å². The van der Waals surface area contributed by atoms with Gasteiger partial charge in [0, 0.05) is 19.4 Å². The molecule has 0 spiro atoms. The minimum Gasteiger partial charge on any atom is -0.314 e. The quantitative estimate of drug-likeness (QED) is 0.600. The van der Waals surface area contributed by atoms with Crippen LogP contribution in [-0.4, -0.2) is 29.3 Å². The van der Waals surface area contributed by atoms with Crippen LogP contribution in [0.15, 0.2) is 24.3 Å². The van der Waals surface area contributed by atoms with Gasteiger partial charge >= 0.3 is 0 Å². The Hall–Kier alpha value is -2.15. The molecule has 1 heterocycles. The van der Waals surface area contributed by atoms with Crippen LogP contribution in [0.5, 0.6) is 0 Å². The van der Waals surface area contributed by atoms with Crippen molar-refractivity contribution in [1.82, 2.24) is 4.90 Å². The Bertz CT molecular complexity index is 553. The molecule has 4 nitrogen and oxygen atoms in total. The third-order valence-electron chi connectivity index (χ3n) is 4.02. The van der Waals surface area contributed by atoms with Crippen LogP contribution in [0.3, 0.4) is 0 Å². The van der Waals surface area contributed by atoms with Crippen LogP contribution in [0, 0.1) is 12.5 Å². The van der Waals surface area contributed by atoms with E-state index in [1.54, 1.807) is 24.3 Å². The van der Waals surface area contributed by atoms with Crippen molar-refractivity contribution in [1.29, 1.82) is 0 Å². The molecular weight excluding hydrogens is 240 g/mol. The molecule has 0 unspecified atom stereocenters. The van der Waals surface area contributed by atoms with Crippen molar-refractivity contribution in [3.05, 3.63) is 46.8 Å². The summed E-state index contributed by atoms with van der Waals surface area (Å²) in [5, 5.41) is 0. The van der Waals surface area contributed by atoms with Crippen molar-refractivity contribution in [2.45, 2.75) is 25.3 Å². The summed E-state index contributed by atoms with van der Waals surface area (Å²) < 4.78 is 0. The Morgan fingerprint density at radius 3 is 2.32 bits per heavy atom. The summed E-state index contributed by atoms with van der Waals surface area (Å²) in [6.07, 6.45) is 2.62. The number of imide groups is 1. The standard InChI is InChI=1S/C15H14N2O2/c1-16-11-7-6-10(8-11)9-17-14(18)12-4-2-3-5-13(12)15(17)19/h2-5,10-11H,6-9H2/t10-,11+/m0/s1. The molecule has 0 bridgehead atoms. The third-order valence-corrected chi connectivity index (χ3v) is 4.02. The summed E-state index contributed by atoms with van der Waals surface area (Å²) in [4.78, 5) is 29.3. The summed E-state index contributed by atoms with van der Waals surface area (Å²) in [7, 11) is 0. The maximum atomic E-state index is 12.2. The van der Waals surface area contributed by atoms with Crippen LogP contribution < -0.4 is 0 Å². The normalized spacial score (nSPS) is 25.5. The van der Waals surface area contributed by atoms with Crippen molar-refractivity contribution in [3.63, 3.8) is 0 Å². The van der Waals surface area contributed by atoms with E-state index in [0.29, 0.717) is 17.7 Å². The molecule has 2 aliphatic rings. The Morgan fingerprint density at radius 1 is 1.16 bits per heavy atom. The molecule has 1 fully saturated rings. The van der Waals surface area contributed by atoms with E-state index in [4.69, 9.17) is 6.57 Å². The molecule has 0 aromatic heterocycles. The highest BCUT2D eigenvalue weighted by atomic mass is 16.2. The van der Waals surface area contributed by atoms with Gasteiger partial charge in [0.15, 0.2) is 0 Å². The van der Waals surface area contributed by atoms with Gasteiger partial charge in [-0.25, -0.2) is 6.57 Å². The smallest absolute Gasteiger partial charge is 0.261 e. The highest BCUT2D eigenvalue weighted by Crippen LogP contribution is 2.31. The summed E-state index contributed by atoms with van der Waals surface area (Å²) in [6.45, 7) is 7.49. The van der Waals surface area contributed by atoms with Crippen LogP contribution in [0.4, 0.5) is 0 Å². The predicted molar refractivity (Wildman–Crippen MR) is 69.5 cm³/mol. The number of nitrogens with zero attached hydrogens (tertiary/aromatic N) is 2. The first-order valence-electron chi connectivity index (χ1n) is 6.52. The van der Waals surface area contributed by atoms with Gasteiger partial charge in [0.25, 0.3) is 11.8 Å². The Labute approximate surface area is 111 Å². The minimum atomic E-state index is -0.188. The maximum absolute atomic E-state index is 12.2. The van der Waals surface area contributed by atoms with Gasteiger partial charge in [-0.3, -0.25) is 14.5 Å². The van der Waals surface area contributed by atoms with Crippen molar-refractivity contribution in [2.24, 2.45) is 5.92 Å². The monoisotopic (exact) mass is 254 g/mol. The van der Waals surface area contributed by atoms with Gasteiger partial charge in [-0.05, 0) is 24.5 Å². The van der Waals surface area contributed by atoms with E-state index in [9.17, 15) is 9.59 Å². The first kappa shape index (κ1) is 11.9. The maximum Gasteiger partial charge on any atom is 0.261 e. The lowest BCUT2D eigenvalue weighted by atomic mass is 10.1. The van der Waals surface area contributed by atoms with E-state index < -0.39 is 0 Å². The fraction of sp³-hybridized carbons (Fsp3) is 0.400. The highest BCUT2D eigenvalue weighted by molar-refractivity contribution is 6.21. The second-order valence-corrected chi connectivity index (χ2v) is 5.23. The van der Waals surface area contributed by atoms with Gasteiger partial charge < -0.3 is 4.85 Å². The van der Waals surface area contributed by atoms with Crippen LogP contribution >= 0.6 is 0 Å². The van der Waals surface area contributed by atoms with E-state index in [0.717, 1.165) is 19.3 Å². The number of carbonyl (C=O) groups is 2. The number of benzene rings is 1. The first-order valence-corrected chi connectivity index (χ1v) is 6.52. The summed E-state index contributed by atoms with van der Waals surface area (Å²) >= 11 is 0. The lowest BCUT2D eigenvalue weighted by Gasteiger charge is -2.17. The second kappa shape index (κ2) is 4.51. The Morgan fingerprint density at radius 2 is 1.79 bits per heavy atom. The molecule has 96 valence electrons. The van der Waals surface area contributed by atoms with E-state index in [2.05, 4.69) is 4.85 Å². The van der Waals surface area contributed by atoms with Crippen LogP contribution in [0.1, 0.15) is 40.0 Å². The third kappa shape index (κ3) is 1.91. The molecule has 4 heteroatoms. The number of amides is 2. The van der Waals surface area contributed by atoms with Crippen molar-refractivity contribution < 1.29 is 9.59 Å². The summed E-state index contributed by atoms with van der Waals surface area (Å²) in [5.41, 5.74) is 1.01. The van der Waals surface area contributed by atoms with E-state index in [1.165, 1.54) is 4.90 Å². The van der Waals surface area contributed by atoms with Crippen molar-refractivity contribution in [2.75, 3.05) is 6.54 Å². The summed E-state index contributed by atoms with van der Waals surface area (Å²) in [6, 6.07) is 7.02. The molecule has 2 amide bonds. The Balaban J connectivity index is 1.76. The zero-order chi connectivity index (χ0) is 13.4. The van der Waals surface area contributed by atoms with E-state index in [1.807, 2.05) is 0 Å². The molecule has 1 aliphatic heterocycles. The molecule has 0 saturated heterocycles. The van der Waals surface area contributed by atoms with Gasteiger partial charge in [0.1, 0.15) is 0 Å². The number of carbonyl (C=O) groups excluding carboxylic acids is 2. The molecule has 3 rings (SSSR count). The average molecular weight is 254 g/mol. The molecule has 0 radical (unpaired) electrons. The SMILES string of the molecule is [C-]#[N+][C@@H]1CC[C@H](CN2C(=O)c3ccccc3C2=O)C1. The van der Waals surface area contributed by atoms with E-state index >= 15 is 0 Å². The second-order valence-electron chi connectivity index (χ2n) is 5.23. The highest BCUT2D eigenvalue weighted by Gasteiger charge is 2.38. The minimum absolute atomic E-state index is 0.0696. The zero-order valence-corrected chi connectivity index (χ0v) is 10.5. The number of hydrogen-bond acceptors (Lipinski definition) is 2. The molecule has 1 saturated carbocycles. The molecule has 1 aromatic carbocycles. The fourth-order valence-corrected chi connectivity index (χ4v) is 2.99. The largest absolute Gasteiger partial charge is 0.314 e. The van der Waals surface area contributed by atoms with Gasteiger partial charge in [-0.1, -0.05) is 12.1 Å².